The van der Waals surface area contributed by atoms with E-state index in [0.29, 0.717) is 17.9 Å². The summed E-state index contributed by atoms with van der Waals surface area (Å²) in [7, 11) is 1.27. The average Bonchev–Trinajstić information content (AvgIpc) is 2.28. The van der Waals surface area contributed by atoms with Crippen LogP contribution in [0.4, 0.5) is 5.69 Å². The van der Waals surface area contributed by atoms with Crippen molar-refractivity contribution in [3.8, 4) is 0 Å². The Hall–Kier alpha value is -2.04. The van der Waals surface area contributed by atoms with Crippen LogP contribution in [0.15, 0.2) is 18.8 Å². The molecule has 0 aliphatic carbocycles. The molecule has 1 aromatic heterocycles. The Bertz CT molecular complexity index is 416. The second-order valence-corrected chi connectivity index (χ2v) is 3.01. The van der Waals surface area contributed by atoms with E-state index in [2.05, 4.69) is 16.3 Å². The Balaban J connectivity index is 2.99. The van der Waals surface area contributed by atoms with E-state index in [1.807, 2.05) is 6.92 Å². The van der Waals surface area contributed by atoms with E-state index in [4.69, 9.17) is 10.5 Å². The van der Waals surface area contributed by atoms with Gasteiger partial charge in [-0.1, -0.05) is 6.58 Å². The van der Waals surface area contributed by atoms with Crippen molar-refractivity contribution in [1.29, 1.82) is 0 Å². The molecule has 1 rings (SSSR count). The number of hydrogen-bond donors (Lipinski definition) is 1. The second kappa shape index (κ2) is 5.16. The largest absolute Gasteiger partial charge is 0.494 e. The summed E-state index contributed by atoms with van der Waals surface area (Å²) < 4.78 is 9.73. The summed E-state index contributed by atoms with van der Waals surface area (Å²) in [6, 6.07) is 1.58. The maximum absolute atomic E-state index is 11.2. The van der Waals surface area contributed by atoms with Crippen LogP contribution in [-0.4, -0.2) is 24.7 Å². The van der Waals surface area contributed by atoms with Crippen LogP contribution in [0.1, 0.15) is 23.0 Å². The summed E-state index contributed by atoms with van der Waals surface area (Å²) >= 11 is 0. The fraction of sp³-hybridized carbons (Fsp3) is 0.273. The lowest BCUT2D eigenvalue weighted by Gasteiger charge is -2.08. The van der Waals surface area contributed by atoms with Crippen LogP contribution in [-0.2, 0) is 9.47 Å². The van der Waals surface area contributed by atoms with Crippen LogP contribution in [0.5, 0.6) is 0 Å². The molecule has 0 atom stereocenters. The molecule has 16 heavy (non-hydrogen) atoms. The highest BCUT2D eigenvalue weighted by atomic mass is 16.5. The molecule has 5 nitrogen and oxygen atoms in total. The summed E-state index contributed by atoms with van der Waals surface area (Å²) in [5.74, 6) is -0.0933. The van der Waals surface area contributed by atoms with Crippen LogP contribution in [0.3, 0.4) is 0 Å². The number of nitrogens with two attached hydrogens (primary N) is 1. The molecule has 0 spiro atoms. The third-order valence-corrected chi connectivity index (χ3v) is 1.94. The van der Waals surface area contributed by atoms with E-state index in [-0.39, 0.29) is 11.4 Å². The second-order valence-electron chi connectivity index (χ2n) is 3.01. The zero-order valence-electron chi connectivity index (χ0n) is 9.32. The number of anilines is 1. The van der Waals surface area contributed by atoms with Gasteiger partial charge in [0.05, 0.1) is 19.4 Å². The van der Waals surface area contributed by atoms with Crippen molar-refractivity contribution in [3.63, 3.8) is 0 Å². The van der Waals surface area contributed by atoms with Crippen molar-refractivity contribution in [3.05, 3.63) is 30.1 Å². The Labute approximate surface area is 93.9 Å². The number of methoxy groups -OCH3 is 1. The van der Waals surface area contributed by atoms with Gasteiger partial charge in [-0.2, -0.15) is 0 Å². The molecule has 0 saturated heterocycles. The molecule has 0 fully saturated rings. The van der Waals surface area contributed by atoms with Crippen LogP contribution in [0, 0.1) is 0 Å². The maximum Gasteiger partial charge on any atom is 0.358 e. The highest BCUT2D eigenvalue weighted by molar-refractivity contribution is 5.93. The minimum absolute atomic E-state index is 0.0931. The molecule has 0 radical (unpaired) electrons. The predicted octanol–water partition coefficient (Wildman–Crippen LogP) is 1.46. The van der Waals surface area contributed by atoms with Crippen LogP contribution >= 0.6 is 0 Å². The molecule has 0 aliphatic rings. The van der Waals surface area contributed by atoms with Gasteiger partial charge in [-0.25, -0.2) is 9.78 Å². The lowest BCUT2D eigenvalue weighted by Crippen LogP contribution is -2.09. The molecule has 86 valence electrons. The molecule has 2 N–H and O–H groups in total. The minimum atomic E-state index is -0.564. The van der Waals surface area contributed by atoms with E-state index in [1.165, 1.54) is 13.3 Å². The molecule has 0 amide bonds. The van der Waals surface area contributed by atoms with Gasteiger partial charge < -0.3 is 15.2 Å². The number of pyridine rings is 1. The number of carbonyl (C=O) groups is 1. The number of hydrogen-bond acceptors (Lipinski definition) is 5. The van der Waals surface area contributed by atoms with Crippen molar-refractivity contribution >= 4 is 17.4 Å². The summed E-state index contributed by atoms with van der Waals surface area (Å²) in [5.41, 5.74) is 6.65. The Morgan fingerprint density at radius 3 is 2.81 bits per heavy atom. The number of carbonyl (C=O) groups excluding carboxylic acids is 1. The smallest absolute Gasteiger partial charge is 0.358 e. The van der Waals surface area contributed by atoms with Gasteiger partial charge in [0.15, 0.2) is 5.69 Å². The summed E-state index contributed by atoms with van der Waals surface area (Å²) in [6.07, 6.45) is 1.47. The number of esters is 1. The van der Waals surface area contributed by atoms with Crippen LogP contribution in [0.2, 0.25) is 0 Å². The van der Waals surface area contributed by atoms with Gasteiger partial charge in [0, 0.05) is 11.8 Å². The first kappa shape index (κ1) is 12.0. The topological polar surface area (TPSA) is 74.4 Å². The van der Waals surface area contributed by atoms with Gasteiger partial charge in [0.2, 0.25) is 0 Å². The highest BCUT2D eigenvalue weighted by Gasteiger charge is 2.13. The van der Waals surface area contributed by atoms with Crippen molar-refractivity contribution in [2.75, 3.05) is 19.5 Å². The number of aromatic nitrogens is 1. The van der Waals surface area contributed by atoms with Crippen molar-refractivity contribution in [1.82, 2.24) is 4.98 Å². The normalized spacial score (nSPS) is 9.62. The van der Waals surface area contributed by atoms with E-state index in [9.17, 15) is 4.79 Å². The quantitative estimate of drug-likeness (QED) is 0.616. The summed E-state index contributed by atoms with van der Waals surface area (Å²) in [6.45, 7) is 6.08. The summed E-state index contributed by atoms with van der Waals surface area (Å²) in [5, 5.41) is 0. The van der Waals surface area contributed by atoms with Crippen molar-refractivity contribution in [2.24, 2.45) is 0 Å². The SMILES string of the molecule is C=C(OCC)c1cnc(C(=O)OC)c(N)c1. The number of nitrogen functional groups attached to an aromatic ring is 1. The molecule has 0 saturated carbocycles. The van der Waals surface area contributed by atoms with Crippen molar-refractivity contribution in [2.45, 2.75) is 6.92 Å². The lowest BCUT2D eigenvalue weighted by atomic mass is 10.2. The monoisotopic (exact) mass is 222 g/mol. The van der Waals surface area contributed by atoms with Gasteiger partial charge in [-0.3, -0.25) is 0 Å². The van der Waals surface area contributed by atoms with Crippen molar-refractivity contribution < 1.29 is 14.3 Å². The molecule has 1 aromatic rings. The Morgan fingerprint density at radius 1 is 1.62 bits per heavy atom. The predicted molar refractivity (Wildman–Crippen MR) is 60.6 cm³/mol. The fourth-order valence-electron chi connectivity index (χ4n) is 1.16. The van der Waals surface area contributed by atoms with Gasteiger partial charge in [0.1, 0.15) is 5.76 Å². The zero-order valence-corrected chi connectivity index (χ0v) is 9.32. The molecule has 0 aromatic carbocycles. The molecule has 0 unspecified atom stereocenters. The van der Waals surface area contributed by atoms with Gasteiger partial charge >= 0.3 is 5.97 Å². The Morgan fingerprint density at radius 2 is 2.31 bits per heavy atom. The maximum atomic E-state index is 11.2. The molecular weight excluding hydrogens is 208 g/mol. The Kier molecular flexibility index (Phi) is 3.88. The van der Waals surface area contributed by atoms with E-state index < -0.39 is 5.97 Å². The zero-order chi connectivity index (χ0) is 12.1. The number of rotatable bonds is 4. The summed E-state index contributed by atoms with van der Waals surface area (Å²) in [4.78, 5) is 15.1. The van der Waals surface area contributed by atoms with Gasteiger partial charge in [-0.05, 0) is 13.0 Å². The number of ether oxygens (including phenoxy) is 2. The minimum Gasteiger partial charge on any atom is -0.494 e. The first-order valence-corrected chi connectivity index (χ1v) is 4.76. The molecule has 5 heteroatoms. The lowest BCUT2D eigenvalue weighted by molar-refractivity contribution is 0.0595. The number of nitrogens with zero attached hydrogens (tertiary/aromatic N) is 1. The molecule has 0 aliphatic heterocycles. The van der Waals surface area contributed by atoms with Gasteiger partial charge in [-0.15, -0.1) is 0 Å². The highest BCUT2D eigenvalue weighted by Crippen LogP contribution is 2.18. The van der Waals surface area contributed by atoms with E-state index >= 15 is 0 Å². The van der Waals surface area contributed by atoms with Crippen LogP contribution in [0.25, 0.3) is 5.76 Å². The van der Waals surface area contributed by atoms with E-state index in [1.54, 1.807) is 6.07 Å². The first-order chi connectivity index (χ1) is 7.60. The standard InChI is InChI=1S/C11H14N2O3/c1-4-16-7(2)8-5-9(12)10(13-6-8)11(14)15-3/h5-6H,2,4,12H2,1,3H3. The first-order valence-electron chi connectivity index (χ1n) is 4.76. The fourth-order valence-corrected chi connectivity index (χ4v) is 1.16. The van der Waals surface area contributed by atoms with E-state index in [0.717, 1.165) is 0 Å². The molecule has 1 heterocycles. The third kappa shape index (κ3) is 2.50. The average molecular weight is 222 g/mol. The van der Waals surface area contributed by atoms with Gasteiger partial charge in [0.25, 0.3) is 0 Å². The molecular formula is C11H14N2O3. The molecule has 0 bridgehead atoms. The van der Waals surface area contributed by atoms with Crippen LogP contribution < -0.4 is 5.73 Å². The third-order valence-electron chi connectivity index (χ3n) is 1.94.